The van der Waals surface area contributed by atoms with Crippen LogP contribution in [-0.4, -0.2) is 19.8 Å². The lowest BCUT2D eigenvalue weighted by atomic mass is 10.3. The van der Waals surface area contributed by atoms with Gasteiger partial charge in [0.2, 0.25) is 0 Å². The van der Waals surface area contributed by atoms with Crippen LogP contribution < -0.4 is 11.1 Å². The van der Waals surface area contributed by atoms with Crippen molar-refractivity contribution < 1.29 is 4.74 Å². The molecule has 94 valence electrons. The molecule has 1 fully saturated rings. The Hall–Kier alpha value is -0.740. The van der Waals surface area contributed by atoms with E-state index in [1.807, 2.05) is 18.2 Å². The first-order valence-electron chi connectivity index (χ1n) is 6.12. The summed E-state index contributed by atoms with van der Waals surface area (Å²) in [7, 11) is 0. The van der Waals surface area contributed by atoms with Gasteiger partial charge >= 0.3 is 0 Å². The van der Waals surface area contributed by atoms with Gasteiger partial charge in [0, 0.05) is 35.6 Å². The number of ether oxygens (including phenoxy) is 1. The molecule has 3 nitrogen and oxygen atoms in total. The van der Waals surface area contributed by atoms with E-state index in [1.54, 1.807) is 0 Å². The Morgan fingerprint density at radius 3 is 2.94 bits per heavy atom. The zero-order valence-electron chi connectivity index (χ0n) is 9.92. The van der Waals surface area contributed by atoms with E-state index in [4.69, 9.17) is 10.5 Å². The molecule has 0 aromatic heterocycles. The Labute approximate surface area is 111 Å². The monoisotopic (exact) mass is 298 g/mol. The summed E-state index contributed by atoms with van der Waals surface area (Å²) in [5.74, 6) is 0.856. The third kappa shape index (κ3) is 4.56. The smallest absolute Gasteiger partial charge is 0.0494 e. The standard InChI is InChI=1S/C13H19BrN2O/c14-12-8-11(15)4-5-13(12)16-6-1-7-17-9-10-2-3-10/h4-5,8,10,16H,1-3,6-7,9,15H2. The number of nitrogens with one attached hydrogen (secondary N) is 1. The number of hydrogen-bond donors (Lipinski definition) is 2. The molecule has 0 saturated heterocycles. The van der Waals surface area contributed by atoms with Crippen molar-refractivity contribution in [2.24, 2.45) is 5.92 Å². The third-order valence-corrected chi connectivity index (χ3v) is 3.48. The summed E-state index contributed by atoms with van der Waals surface area (Å²) in [4.78, 5) is 0. The van der Waals surface area contributed by atoms with Gasteiger partial charge in [-0.1, -0.05) is 0 Å². The molecule has 0 bridgehead atoms. The van der Waals surface area contributed by atoms with Crippen molar-refractivity contribution in [3.8, 4) is 0 Å². The molecule has 1 aromatic carbocycles. The molecule has 0 radical (unpaired) electrons. The van der Waals surface area contributed by atoms with Crippen LogP contribution in [0.15, 0.2) is 22.7 Å². The molecule has 2 rings (SSSR count). The molecule has 1 saturated carbocycles. The molecule has 17 heavy (non-hydrogen) atoms. The maximum atomic E-state index is 5.68. The quantitative estimate of drug-likeness (QED) is 0.600. The lowest BCUT2D eigenvalue weighted by molar-refractivity contribution is 0.124. The van der Waals surface area contributed by atoms with E-state index in [0.29, 0.717) is 0 Å². The van der Waals surface area contributed by atoms with Crippen molar-refractivity contribution in [2.45, 2.75) is 19.3 Å². The summed E-state index contributed by atoms with van der Waals surface area (Å²) >= 11 is 3.48. The van der Waals surface area contributed by atoms with Crippen LogP contribution in [-0.2, 0) is 4.74 Å². The lowest BCUT2D eigenvalue weighted by Crippen LogP contribution is -2.07. The van der Waals surface area contributed by atoms with E-state index in [9.17, 15) is 0 Å². The Morgan fingerprint density at radius 1 is 1.41 bits per heavy atom. The van der Waals surface area contributed by atoms with Gasteiger partial charge in [-0.15, -0.1) is 0 Å². The van der Waals surface area contributed by atoms with Crippen LogP contribution in [0.25, 0.3) is 0 Å². The summed E-state index contributed by atoms with van der Waals surface area (Å²) in [5.41, 5.74) is 7.54. The third-order valence-electron chi connectivity index (χ3n) is 2.82. The SMILES string of the molecule is Nc1ccc(NCCCOCC2CC2)c(Br)c1. The fraction of sp³-hybridized carbons (Fsp3) is 0.538. The summed E-state index contributed by atoms with van der Waals surface area (Å²) in [6.07, 6.45) is 3.75. The number of nitrogen functional groups attached to an aromatic ring is 1. The molecular weight excluding hydrogens is 280 g/mol. The minimum Gasteiger partial charge on any atom is -0.399 e. The molecule has 0 unspecified atom stereocenters. The average molecular weight is 299 g/mol. The van der Waals surface area contributed by atoms with Crippen molar-refractivity contribution in [2.75, 3.05) is 30.8 Å². The number of hydrogen-bond acceptors (Lipinski definition) is 3. The van der Waals surface area contributed by atoms with Gasteiger partial charge in [0.1, 0.15) is 0 Å². The van der Waals surface area contributed by atoms with Crippen LogP contribution in [0.2, 0.25) is 0 Å². The average Bonchev–Trinajstić information content (AvgIpc) is 3.09. The van der Waals surface area contributed by atoms with Crippen molar-refractivity contribution >= 4 is 27.3 Å². The predicted octanol–water partition coefficient (Wildman–Crippen LogP) is 3.26. The van der Waals surface area contributed by atoms with Gasteiger partial charge < -0.3 is 15.8 Å². The number of halogens is 1. The first-order valence-corrected chi connectivity index (χ1v) is 6.91. The zero-order valence-corrected chi connectivity index (χ0v) is 11.5. The van der Waals surface area contributed by atoms with Crippen LogP contribution in [0.5, 0.6) is 0 Å². The molecule has 1 aromatic rings. The molecule has 0 spiro atoms. The van der Waals surface area contributed by atoms with Crippen LogP contribution in [0.4, 0.5) is 11.4 Å². The van der Waals surface area contributed by atoms with Gasteiger partial charge in [-0.25, -0.2) is 0 Å². The Morgan fingerprint density at radius 2 is 2.24 bits per heavy atom. The van der Waals surface area contributed by atoms with Gasteiger partial charge in [0.25, 0.3) is 0 Å². The maximum absolute atomic E-state index is 5.68. The Bertz CT molecular complexity index is 366. The molecule has 1 aliphatic carbocycles. The van der Waals surface area contributed by atoms with E-state index in [0.717, 1.165) is 47.9 Å². The summed E-state index contributed by atoms with van der Waals surface area (Å²) in [6.45, 7) is 2.72. The summed E-state index contributed by atoms with van der Waals surface area (Å²) in [5, 5.41) is 3.36. The highest BCUT2D eigenvalue weighted by molar-refractivity contribution is 9.10. The number of anilines is 2. The van der Waals surface area contributed by atoms with Crippen molar-refractivity contribution in [1.82, 2.24) is 0 Å². The molecular formula is C13H19BrN2O. The van der Waals surface area contributed by atoms with Gasteiger partial charge in [0.05, 0.1) is 0 Å². The first kappa shape index (κ1) is 12.7. The topological polar surface area (TPSA) is 47.3 Å². The number of rotatable bonds is 7. The Kier molecular flexibility index (Phi) is 4.68. The molecule has 3 N–H and O–H groups in total. The van der Waals surface area contributed by atoms with Crippen LogP contribution in [0.3, 0.4) is 0 Å². The number of benzene rings is 1. The minimum absolute atomic E-state index is 0.773. The van der Waals surface area contributed by atoms with Crippen LogP contribution >= 0.6 is 15.9 Å². The second-order valence-corrected chi connectivity index (χ2v) is 5.39. The fourth-order valence-corrected chi connectivity index (χ4v) is 2.14. The second kappa shape index (κ2) is 6.26. The largest absolute Gasteiger partial charge is 0.399 e. The molecule has 0 heterocycles. The van der Waals surface area contributed by atoms with Crippen molar-refractivity contribution in [3.63, 3.8) is 0 Å². The van der Waals surface area contributed by atoms with Crippen LogP contribution in [0.1, 0.15) is 19.3 Å². The van der Waals surface area contributed by atoms with Gasteiger partial charge in [-0.3, -0.25) is 0 Å². The van der Waals surface area contributed by atoms with E-state index in [2.05, 4.69) is 21.2 Å². The molecule has 4 heteroatoms. The summed E-state index contributed by atoms with van der Waals surface area (Å²) in [6, 6.07) is 5.80. The molecule has 1 aliphatic rings. The van der Waals surface area contributed by atoms with Gasteiger partial charge in [0.15, 0.2) is 0 Å². The van der Waals surface area contributed by atoms with Crippen LogP contribution in [0, 0.1) is 5.92 Å². The van der Waals surface area contributed by atoms with E-state index in [1.165, 1.54) is 12.8 Å². The van der Waals surface area contributed by atoms with Gasteiger partial charge in [-0.05, 0) is 59.3 Å². The lowest BCUT2D eigenvalue weighted by Gasteiger charge is -2.09. The second-order valence-electron chi connectivity index (χ2n) is 4.54. The molecule has 0 amide bonds. The Balaban J connectivity index is 1.60. The maximum Gasteiger partial charge on any atom is 0.0494 e. The van der Waals surface area contributed by atoms with Crippen molar-refractivity contribution in [1.29, 1.82) is 0 Å². The highest BCUT2D eigenvalue weighted by Crippen LogP contribution is 2.28. The normalized spacial score (nSPS) is 14.9. The minimum atomic E-state index is 0.773. The predicted molar refractivity (Wildman–Crippen MR) is 75.2 cm³/mol. The fourth-order valence-electron chi connectivity index (χ4n) is 1.61. The first-order chi connectivity index (χ1) is 8.25. The molecule has 0 atom stereocenters. The summed E-state index contributed by atoms with van der Waals surface area (Å²) < 4.78 is 6.58. The number of nitrogens with two attached hydrogens (primary N) is 1. The van der Waals surface area contributed by atoms with E-state index in [-0.39, 0.29) is 0 Å². The van der Waals surface area contributed by atoms with Crippen molar-refractivity contribution in [3.05, 3.63) is 22.7 Å². The van der Waals surface area contributed by atoms with E-state index < -0.39 is 0 Å². The molecule has 0 aliphatic heterocycles. The zero-order chi connectivity index (χ0) is 12.1. The van der Waals surface area contributed by atoms with E-state index >= 15 is 0 Å². The van der Waals surface area contributed by atoms with Gasteiger partial charge in [-0.2, -0.15) is 0 Å². The highest BCUT2D eigenvalue weighted by Gasteiger charge is 2.20. The highest BCUT2D eigenvalue weighted by atomic mass is 79.9.